The molecule has 5 heterocycles. The third-order valence-electron chi connectivity index (χ3n) is 19.2. The van der Waals surface area contributed by atoms with Crippen molar-refractivity contribution in [3.05, 3.63) is 23.8 Å². The number of aliphatic hydroxyl groups is 10. The molecule has 5 aliphatic heterocycles. The molecule has 426 valence electrons. The lowest BCUT2D eigenvalue weighted by molar-refractivity contribution is -0.382. The molecule has 0 aromatic heterocycles. The molecule has 0 bridgehead atoms. The van der Waals surface area contributed by atoms with Crippen molar-refractivity contribution in [1.82, 2.24) is 0 Å². The number of Topliss-reactive ketones (excluding diaryl/α,β-unsaturated/α-hetero) is 1. The Labute approximate surface area is 437 Å². The summed E-state index contributed by atoms with van der Waals surface area (Å²) >= 11 is 0. The molecule has 0 aromatic rings. The number of methoxy groups -OCH3 is 1. The fraction of sp³-hybridized carbons (Fsp3) is 0.887. The molecule has 75 heavy (non-hydrogen) atoms. The van der Waals surface area contributed by atoms with Crippen LogP contribution in [0.4, 0.5) is 0 Å². The molecule has 0 radical (unpaired) electrons. The summed E-state index contributed by atoms with van der Waals surface area (Å²) in [5.74, 6) is -0.892. The fourth-order valence-electron chi connectivity index (χ4n) is 15.4. The SMILES string of the molecule is CO[C@@H]1[C@@H](O)[C@H](O[C@@H]2[C@@H](O)[C@H](O[C@H]3[C@H](O)[C@@H](O)[C@H](O[C@H]4[C@H](O[C@H]5CC[C@]6(C)C7=CC[C@]89C(=O)O[C@@](C)(C/C=C\C(C)(C)O)[C@H]8C(=O)C[C@@]9(C)[C@@H]7CC[C@H]6C5(C)C)OC[C@@H](O)[C@@H]4O)O[C@@H]3C)OC[C@H]2O)O[C@H](CO)[C@H]1O. The van der Waals surface area contributed by atoms with Crippen molar-refractivity contribution in [2.75, 3.05) is 26.9 Å². The second-order valence-corrected chi connectivity index (χ2v) is 24.8. The topological polar surface area (TPSA) is 329 Å². The van der Waals surface area contributed by atoms with Crippen molar-refractivity contribution < 1.29 is 108 Å². The van der Waals surface area contributed by atoms with Crippen LogP contribution in [0.5, 0.6) is 0 Å². The van der Waals surface area contributed by atoms with Crippen molar-refractivity contribution >= 4 is 11.8 Å². The standard InChI is InChI=1S/C53H82O22/c1-23-38(72-43-36(62)39(28(57)22-67-43)73-45-37(63)40(66-9)33(59)29(20-54)70-45)34(60)35(61)44(69-23)74-41-32(58)27(56)21-68-46(41)71-31-14-17-50(6)24-13-18-53-42(52(8,75-47(53)64)16-10-15-48(2,3)65)26(55)19-51(53,7)25(24)11-12-30(50)49(31,4)5/h10,13,15,23,25,27-46,54,56-63,65H,11-12,14,16-22H2,1-9H3/b15-10-/t23-,25-,27-,28-,29-,30+,31+,32+,33-,34-,35-,36-,37-,38-,39+,40+,41-,42-,43+,44+,45+,46+,50-,51+,52+,53-/m1/s1. The van der Waals surface area contributed by atoms with Crippen LogP contribution >= 0.6 is 0 Å². The Kier molecular flexibility index (Phi) is 15.9. The van der Waals surface area contributed by atoms with Gasteiger partial charge in [-0.05, 0) is 87.9 Å². The van der Waals surface area contributed by atoms with E-state index >= 15 is 0 Å². The van der Waals surface area contributed by atoms with Gasteiger partial charge in [-0.1, -0.05) is 51.5 Å². The highest BCUT2D eigenvalue weighted by Crippen LogP contribution is 2.75. The van der Waals surface area contributed by atoms with Crippen LogP contribution < -0.4 is 0 Å². The predicted octanol–water partition coefficient (Wildman–Crippen LogP) is -0.599. The minimum Gasteiger partial charge on any atom is -0.458 e. The number of fused-ring (bicyclic) bond motifs is 4. The second-order valence-electron chi connectivity index (χ2n) is 24.8. The predicted molar refractivity (Wildman–Crippen MR) is 256 cm³/mol. The lowest BCUT2D eigenvalue weighted by atomic mass is 9.41. The number of ketones is 1. The summed E-state index contributed by atoms with van der Waals surface area (Å²) in [6, 6.07) is 0. The summed E-state index contributed by atoms with van der Waals surface area (Å²) in [4.78, 5) is 28.6. The molecule has 5 saturated heterocycles. The van der Waals surface area contributed by atoms with Gasteiger partial charge in [-0.15, -0.1) is 0 Å². The number of esters is 1. The zero-order valence-corrected chi connectivity index (χ0v) is 44.4. The number of ether oxygens (including phenoxy) is 10. The molecule has 9 aliphatic rings. The number of carbonyl (C=O) groups is 2. The van der Waals surface area contributed by atoms with E-state index in [0.717, 1.165) is 12.8 Å². The quantitative estimate of drug-likeness (QED) is 0.0626. The van der Waals surface area contributed by atoms with Crippen molar-refractivity contribution in [3.63, 3.8) is 0 Å². The Morgan fingerprint density at radius 1 is 0.733 bits per heavy atom. The number of aliphatic hydroxyl groups excluding tert-OH is 9. The molecule has 22 nitrogen and oxygen atoms in total. The Balaban J connectivity index is 0.862. The molecule has 10 N–H and O–H groups in total. The zero-order valence-electron chi connectivity index (χ0n) is 44.4. The number of hydrogen-bond acceptors (Lipinski definition) is 22. The van der Waals surface area contributed by atoms with Crippen LogP contribution in [0.2, 0.25) is 0 Å². The maximum absolute atomic E-state index is 14.3. The number of rotatable bonds is 13. The first-order valence-corrected chi connectivity index (χ1v) is 26.7. The van der Waals surface area contributed by atoms with Gasteiger partial charge in [0.2, 0.25) is 0 Å². The van der Waals surface area contributed by atoms with Gasteiger partial charge in [0.15, 0.2) is 25.2 Å². The third-order valence-corrected chi connectivity index (χ3v) is 19.2. The Hall–Kier alpha value is -2.14. The van der Waals surface area contributed by atoms with Gasteiger partial charge in [-0.25, -0.2) is 0 Å². The van der Waals surface area contributed by atoms with Crippen LogP contribution in [0.25, 0.3) is 0 Å². The van der Waals surface area contributed by atoms with Crippen LogP contribution in [0.3, 0.4) is 0 Å². The Morgan fingerprint density at radius 3 is 2.05 bits per heavy atom. The first-order chi connectivity index (χ1) is 35.1. The first-order valence-electron chi connectivity index (χ1n) is 26.7. The zero-order chi connectivity index (χ0) is 54.7. The maximum Gasteiger partial charge on any atom is 0.314 e. The van der Waals surface area contributed by atoms with Crippen LogP contribution in [0.1, 0.15) is 100 Å². The van der Waals surface area contributed by atoms with E-state index in [4.69, 9.17) is 47.4 Å². The molecule has 9 rings (SSSR count). The summed E-state index contributed by atoms with van der Waals surface area (Å²) in [5.41, 5.74) is -3.38. The van der Waals surface area contributed by atoms with Gasteiger partial charge in [0.25, 0.3) is 0 Å². The molecule has 4 aliphatic carbocycles. The lowest BCUT2D eigenvalue weighted by Gasteiger charge is -2.63. The number of carbonyl (C=O) groups excluding carboxylic acids is 2. The highest BCUT2D eigenvalue weighted by molar-refractivity contribution is 5.99. The molecule has 26 atom stereocenters. The third kappa shape index (κ3) is 9.53. The summed E-state index contributed by atoms with van der Waals surface area (Å²) in [5, 5.41) is 109. The van der Waals surface area contributed by atoms with Crippen LogP contribution in [-0.4, -0.2) is 218 Å². The van der Waals surface area contributed by atoms with Crippen LogP contribution in [0, 0.1) is 39.4 Å². The van der Waals surface area contributed by atoms with Gasteiger partial charge in [0.1, 0.15) is 90.7 Å². The van der Waals surface area contributed by atoms with E-state index in [1.165, 1.54) is 19.6 Å². The molecular formula is C53H82O22. The van der Waals surface area contributed by atoms with E-state index < -0.39 is 163 Å². The van der Waals surface area contributed by atoms with Crippen LogP contribution in [0.15, 0.2) is 23.8 Å². The highest BCUT2D eigenvalue weighted by atomic mass is 16.8. The molecule has 22 heteroatoms. The maximum atomic E-state index is 14.3. The summed E-state index contributed by atoms with van der Waals surface area (Å²) in [7, 11) is 1.23. The van der Waals surface area contributed by atoms with E-state index in [9.17, 15) is 60.7 Å². The average Bonchev–Trinajstić information content (AvgIpc) is 3.73. The first kappa shape index (κ1) is 57.5. The van der Waals surface area contributed by atoms with E-state index in [1.54, 1.807) is 26.0 Å². The summed E-state index contributed by atoms with van der Waals surface area (Å²) < 4.78 is 59.4. The lowest BCUT2D eigenvalue weighted by Crippen LogP contribution is -2.65. The second kappa shape index (κ2) is 20.8. The van der Waals surface area contributed by atoms with Crippen molar-refractivity contribution in [3.8, 4) is 0 Å². The minimum atomic E-state index is -1.84. The number of allylic oxidation sites excluding steroid dienone is 2. The van der Waals surface area contributed by atoms with E-state index in [0.29, 0.717) is 25.7 Å². The monoisotopic (exact) mass is 1070 g/mol. The van der Waals surface area contributed by atoms with Crippen molar-refractivity contribution in [2.24, 2.45) is 39.4 Å². The van der Waals surface area contributed by atoms with E-state index in [2.05, 4.69) is 33.8 Å². The molecule has 8 fully saturated rings. The van der Waals surface area contributed by atoms with Gasteiger partial charge < -0.3 is 98.4 Å². The Morgan fingerprint density at radius 2 is 1.37 bits per heavy atom. The normalized spacial score (nSPS) is 51.9. The Bertz CT molecular complexity index is 2150. The molecular weight excluding hydrogens is 989 g/mol. The summed E-state index contributed by atoms with van der Waals surface area (Å²) in [6.07, 6.45) is -17.9. The minimum absolute atomic E-state index is 0.0366. The molecule has 0 aromatic carbocycles. The number of cyclic esters (lactones) is 1. The molecule has 3 saturated carbocycles. The average molecular weight is 1070 g/mol. The molecule has 0 unspecified atom stereocenters. The summed E-state index contributed by atoms with van der Waals surface area (Å²) in [6.45, 7) is 13.9. The smallest absolute Gasteiger partial charge is 0.314 e. The van der Waals surface area contributed by atoms with Crippen molar-refractivity contribution in [1.29, 1.82) is 0 Å². The molecule has 1 spiro atoms. The van der Waals surface area contributed by atoms with Gasteiger partial charge in [0, 0.05) is 20.0 Å². The van der Waals surface area contributed by atoms with Crippen LogP contribution in [-0.2, 0) is 57.0 Å². The van der Waals surface area contributed by atoms with E-state index in [-0.39, 0.29) is 42.0 Å². The molecule has 0 amide bonds. The fourth-order valence-corrected chi connectivity index (χ4v) is 15.4. The van der Waals surface area contributed by atoms with E-state index in [1.807, 2.05) is 6.92 Å². The van der Waals surface area contributed by atoms with Gasteiger partial charge >= 0.3 is 5.97 Å². The number of hydrogen-bond donors (Lipinski definition) is 10. The van der Waals surface area contributed by atoms with Gasteiger partial charge in [-0.2, -0.15) is 0 Å². The van der Waals surface area contributed by atoms with Gasteiger partial charge in [0.05, 0.1) is 49.0 Å². The van der Waals surface area contributed by atoms with Gasteiger partial charge in [-0.3, -0.25) is 9.59 Å². The highest BCUT2D eigenvalue weighted by Gasteiger charge is 2.79. The largest absolute Gasteiger partial charge is 0.458 e. The van der Waals surface area contributed by atoms with Crippen molar-refractivity contribution in [2.45, 2.75) is 228 Å².